The van der Waals surface area contributed by atoms with Gasteiger partial charge in [0.15, 0.2) is 0 Å². The topological polar surface area (TPSA) is 15.3 Å². The summed E-state index contributed by atoms with van der Waals surface area (Å²) in [5.74, 6) is -0.173. The van der Waals surface area contributed by atoms with Crippen molar-refractivity contribution in [3.63, 3.8) is 0 Å². The fourth-order valence-electron chi connectivity index (χ4n) is 2.04. The third-order valence-corrected chi connectivity index (χ3v) is 3.31. The van der Waals surface area contributed by atoms with Crippen molar-refractivity contribution in [1.29, 1.82) is 0 Å². The van der Waals surface area contributed by atoms with Crippen LogP contribution in [0.1, 0.15) is 39.7 Å². The number of nitrogens with zero attached hydrogens (tertiary/aromatic N) is 1. The van der Waals surface area contributed by atoms with Crippen molar-refractivity contribution in [2.45, 2.75) is 52.2 Å². The molecule has 1 aromatic carbocycles. The van der Waals surface area contributed by atoms with Gasteiger partial charge in [-0.05, 0) is 51.9 Å². The summed E-state index contributed by atoms with van der Waals surface area (Å²) in [6.45, 7) is 10.6. The second kappa shape index (κ2) is 7.01. The van der Waals surface area contributed by atoms with Crippen LogP contribution >= 0.6 is 0 Å². The Morgan fingerprint density at radius 1 is 1.21 bits per heavy atom. The molecule has 1 rings (SSSR count). The minimum absolute atomic E-state index is 0.143. The second-order valence-electron chi connectivity index (χ2n) is 6.23. The smallest absolute Gasteiger partial charge is 0.123 e. The highest BCUT2D eigenvalue weighted by molar-refractivity contribution is 5.15. The van der Waals surface area contributed by atoms with E-state index < -0.39 is 0 Å². The maximum Gasteiger partial charge on any atom is 0.123 e. The summed E-state index contributed by atoms with van der Waals surface area (Å²) in [6, 6.07) is 7.25. The summed E-state index contributed by atoms with van der Waals surface area (Å²) >= 11 is 0. The van der Waals surface area contributed by atoms with E-state index in [0.717, 1.165) is 25.1 Å². The van der Waals surface area contributed by atoms with Crippen molar-refractivity contribution in [2.24, 2.45) is 0 Å². The molecule has 0 aliphatic heterocycles. The Balaban J connectivity index is 2.53. The van der Waals surface area contributed by atoms with E-state index in [4.69, 9.17) is 0 Å². The van der Waals surface area contributed by atoms with Crippen LogP contribution in [0.25, 0.3) is 0 Å². The number of nitrogens with one attached hydrogen (secondary N) is 1. The van der Waals surface area contributed by atoms with E-state index in [2.05, 4.69) is 45.0 Å². The fraction of sp³-hybridized carbons (Fsp3) is 0.625. The van der Waals surface area contributed by atoms with Crippen molar-refractivity contribution in [1.82, 2.24) is 10.2 Å². The summed E-state index contributed by atoms with van der Waals surface area (Å²) in [5.41, 5.74) is 1.29. The van der Waals surface area contributed by atoms with E-state index in [1.54, 1.807) is 0 Å². The molecular formula is C16H27FN2. The minimum Gasteiger partial charge on any atom is -0.311 e. The number of hydrogen-bond donors (Lipinski definition) is 1. The van der Waals surface area contributed by atoms with Gasteiger partial charge in [0.1, 0.15) is 5.82 Å². The molecule has 0 bridgehead atoms. The van der Waals surface area contributed by atoms with Crippen LogP contribution in [0.4, 0.5) is 4.39 Å². The van der Waals surface area contributed by atoms with E-state index in [0.29, 0.717) is 6.04 Å². The van der Waals surface area contributed by atoms with Gasteiger partial charge in [0.05, 0.1) is 0 Å². The third kappa shape index (κ3) is 6.17. The van der Waals surface area contributed by atoms with Crippen molar-refractivity contribution in [3.8, 4) is 0 Å². The second-order valence-corrected chi connectivity index (χ2v) is 6.23. The van der Waals surface area contributed by atoms with E-state index in [-0.39, 0.29) is 11.4 Å². The van der Waals surface area contributed by atoms with Gasteiger partial charge in [-0.3, -0.25) is 4.90 Å². The molecule has 19 heavy (non-hydrogen) atoms. The maximum atomic E-state index is 12.9. The van der Waals surface area contributed by atoms with Crippen molar-refractivity contribution in [3.05, 3.63) is 35.6 Å². The number of likely N-dealkylation sites (N-methyl/N-ethyl adjacent to an activating group) is 1. The molecule has 0 heterocycles. The SMILES string of the molecule is CCC(CNC(C)(C)C)N(C)Cc1ccc(F)cc1. The molecule has 3 heteroatoms. The van der Waals surface area contributed by atoms with E-state index in [9.17, 15) is 4.39 Å². The largest absolute Gasteiger partial charge is 0.311 e. The number of hydrogen-bond acceptors (Lipinski definition) is 2. The van der Waals surface area contributed by atoms with Crippen LogP contribution < -0.4 is 5.32 Å². The quantitative estimate of drug-likeness (QED) is 0.848. The molecule has 1 unspecified atom stereocenters. The summed E-state index contributed by atoms with van der Waals surface area (Å²) < 4.78 is 12.9. The first kappa shape index (κ1) is 16.1. The van der Waals surface area contributed by atoms with Crippen LogP contribution in [0, 0.1) is 5.82 Å². The van der Waals surface area contributed by atoms with Crippen LogP contribution in [0.3, 0.4) is 0 Å². The monoisotopic (exact) mass is 266 g/mol. The molecule has 108 valence electrons. The highest BCUT2D eigenvalue weighted by Crippen LogP contribution is 2.10. The highest BCUT2D eigenvalue weighted by atomic mass is 19.1. The Hall–Kier alpha value is -0.930. The average molecular weight is 266 g/mol. The lowest BCUT2D eigenvalue weighted by Crippen LogP contribution is -2.46. The first-order valence-corrected chi connectivity index (χ1v) is 7.01. The van der Waals surface area contributed by atoms with Crippen molar-refractivity contribution >= 4 is 0 Å². The molecule has 0 aliphatic carbocycles. The highest BCUT2D eigenvalue weighted by Gasteiger charge is 2.16. The Morgan fingerprint density at radius 3 is 2.26 bits per heavy atom. The molecule has 0 saturated heterocycles. The molecule has 1 N–H and O–H groups in total. The molecule has 0 radical (unpaired) electrons. The molecule has 0 aromatic heterocycles. The van der Waals surface area contributed by atoms with Gasteiger partial charge < -0.3 is 5.32 Å². The maximum absolute atomic E-state index is 12.9. The van der Waals surface area contributed by atoms with Gasteiger partial charge in [-0.25, -0.2) is 4.39 Å². The Bertz CT molecular complexity index is 367. The predicted octanol–water partition coefficient (Wildman–Crippen LogP) is 3.42. The lowest BCUT2D eigenvalue weighted by molar-refractivity contribution is 0.208. The first-order chi connectivity index (χ1) is 8.81. The van der Waals surface area contributed by atoms with Crippen molar-refractivity contribution < 1.29 is 4.39 Å². The Kier molecular flexibility index (Phi) is 5.95. The molecular weight excluding hydrogens is 239 g/mol. The molecule has 0 aliphatic rings. The van der Waals surface area contributed by atoms with Crippen LogP contribution in [0.5, 0.6) is 0 Å². The van der Waals surface area contributed by atoms with Crippen LogP contribution in [0.2, 0.25) is 0 Å². The fourth-order valence-corrected chi connectivity index (χ4v) is 2.04. The molecule has 0 fully saturated rings. The Morgan fingerprint density at radius 2 is 1.79 bits per heavy atom. The normalized spacial score (nSPS) is 13.8. The van der Waals surface area contributed by atoms with Gasteiger partial charge in [-0.15, -0.1) is 0 Å². The van der Waals surface area contributed by atoms with E-state index in [1.807, 2.05) is 12.1 Å². The molecule has 1 aromatic rings. The summed E-state index contributed by atoms with van der Waals surface area (Å²) in [5, 5.41) is 3.55. The van der Waals surface area contributed by atoms with Crippen LogP contribution in [0.15, 0.2) is 24.3 Å². The van der Waals surface area contributed by atoms with Gasteiger partial charge >= 0.3 is 0 Å². The summed E-state index contributed by atoms with van der Waals surface area (Å²) in [6.07, 6.45) is 1.10. The van der Waals surface area contributed by atoms with Gasteiger partial charge in [0.2, 0.25) is 0 Å². The number of halogens is 1. The zero-order valence-electron chi connectivity index (χ0n) is 12.8. The lowest BCUT2D eigenvalue weighted by atomic mass is 10.1. The molecule has 0 spiro atoms. The van der Waals surface area contributed by atoms with Crippen molar-refractivity contribution in [2.75, 3.05) is 13.6 Å². The van der Waals surface area contributed by atoms with Gasteiger partial charge in [0, 0.05) is 24.7 Å². The van der Waals surface area contributed by atoms with E-state index >= 15 is 0 Å². The summed E-state index contributed by atoms with van der Waals surface area (Å²) in [7, 11) is 2.13. The predicted molar refractivity (Wildman–Crippen MR) is 79.7 cm³/mol. The molecule has 0 amide bonds. The van der Waals surface area contributed by atoms with E-state index in [1.165, 1.54) is 12.1 Å². The van der Waals surface area contributed by atoms with Gasteiger partial charge in [-0.1, -0.05) is 19.1 Å². The van der Waals surface area contributed by atoms with Gasteiger partial charge in [0.25, 0.3) is 0 Å². The lowest BCUT2D eigenvalue weighted by Gasteiger charge is -2.31. The minimum atomic E-state index is -0.173. The molecule has 2 nitrogen and oxygen atoms in total. The molecule has 0 saturated carbocycles. The summed E-state index contributed by atoms with van der Waals surface area (Å²) in [4.78, 5) is 2.33. The standard InChI is InChI=1S/C16H27FN2/c1-6-15(11-18-16(2,3)4)19(5)12-13-7-9-14(17)10-8-13/h7-10,15,18H,6,11-12H2,1-5H3. The van der Waals surface area contributed by atoms with Gasteiger partial charge in [-0.2, -0.15) is 0 Å². The molecule has 1 atom stereocenters. The average Bonchev–Trinajstić information content (AvgIpc) is 2.31. The third-order valence-electron chi connectivity index (χ3n) is 3.31. The first-order valence-electron chi connectivity index (χ1n) is 7.01. The van der Waals surface area contributed by atoms with Crippen LogP contribution in [-0.2, 0) is 6.54 Å². The zero-order valence-corrected chi connectivity index (χ0v) is 12.8. The number of benzene rings is 1. The zero-order chi connectivity index (χ0) is 14.5. The van der Waals surface area contributed by atoms with Crippen LogP contribution in [-0.4, -0.2) is 30.1 Å². The number of rotatable bonds is 6. The Labute approximate surface area is 117 Å².